The molecule has 0 aliphatic heterocycles. The zero-order valence-electron chi connectivity index (χ0n) is 11.0. The lowest BCUT2D eigenvalue weighted by atomic mass is 10.3. The molecule has 1 heterocycles. The molecule has 0 saturated carbocycles. The second kappa shape index (κ2) is 6.67. The number of rotatable bonds is 5. The molecule has 1 aromatic heterocycles. The van der Waals surface area contributed by atoms with E-state index in [0.29, 0.717) is 5.75 Å². The first-order valence-electron chi connectivity index (χ1n) is 5.86. The monoisotopic (exact) mass is 305 g/mol. The van der Waals surface area contributed by atoms with Crippen molar-refractivity contribution < 1.29 is 19.2 Å². The van der Waals surface area contributed by atoms with E-state index in [9.17, 15) is 14.9 Å². The molecule has 0 bridgehead atoms. The summed E-state index contributed by atoms with van der Waals surface area (Å²) in [5.41, 5.74) is -0.327. The van der Waals surface area contributed by atoms with E-state index in [2.05, 4.69) is 0 Å². The Morgan fingerprint density at radius 2 is 2.19 bits per heavy atom. The van der Waals surface area contributed by atoms with Gasteiger partial charge in [0.25, 0.3) is 0 Å². The van der Waals surface area contributed by atoms with Gasteiger partial charge in [-0.25, -0.2) is 4.79 Å². The van der Waals surface area contributed by atoms with E-state index in [4.69, 9.17) is 9.47 Å². The summed E-state index contributed by atoms with van der Waals surface area (Å²) >= 11 is 1.46. The number of hydrogen-bond donors (Lipinski definition) is 0. The fourth-order valence-corrected chi connectivity index (χ4v) is 2.15. The van der Waals surface area contributed by atoms with Gasteiger partial charge in [-0.2, -0.15) is 0 Å². The van der Waals surface area contributed by atoms with E-state index < -0.39 is 10.9 Å². The Hall–Kier alpha value is -2.67. The van der Waals surface area contributed by atoms with Crippen LogP contribution in [0, 0.1) is 10.1 Å². The number of benzene rings is 1. The number of hydrogen-bond acceptors (Lipinski definition) is 6. The molecule has 0 aliphatic carbocycles. The van der Waals surface area contributed by atoms with Crippen LogP contribution < -0.4 is 9.47 Å². The average molecular weight is 305 g/mol. The standard InChI is InChI=1S/C14H11NO5S/c1-19-10-4-6-13(12(9-10)15(17)18)20-14(16)7-5-11-3-2-8-21-11/h2-9H,1H3/b7-5+. The van der Waals surface area contributed by atoms with Crippen molar-refractivity contribution in [1.82, 2.24) is 0 Å². The van der Waals surface area contributed by atoms with Crippen LogP contribution in [0.3, 0.4) is 0 Å². The topological polar surface area (TPSA) is 78.7 Å². The quantitative estimate of drug-likeness (QED) is 0.278. The summed E-state index contributed by atoms with van der Waals surface area (Å²) in [6, 6.07) is 7.70. The molecule has 2 rings (SSSR count). The average Bonchev–Trinajstić information content (AvgIpc) is 2.98. The molecule has 0 fully saturated rings. The van der Waals surface area contributed by atoms with E-state index >= 15 is 0 Å². The normalized spacial score (nSPS) is 10.5. The first kappa shape index (κ1) is 14.7. The number of thiophene rings is 1. The summed E-state index contributed by atoms with van der Waals surface area (Å²) in [5.74, 6) is -0.492. The predicted octanol–water partition coefficient (Wildman–Crippen LogP) is 3.28. The molecule has 0 unspecified atom stereocenters. The smallest absolute Gasteiger partial charge is 0.336 e. The molecule has 0 spiro atoms. The lowest BCUT2D eigenvalue weighted by Crippen LogP contribution is -2.05. The van der Waals surface area contributed by atoms with Gasteiger partial charge in [-0.1, -0.05) is 6.07 Å². The highest BCUT2D eigenvalue weighted by molar-refractivity contribution is 7.10. The van der Waals surface area contributed by atoms with Gasteiger partial charge in [0.15, 0.2) is 0 Å². The van der Waals surface area contributed by atoms with E-state index in [0.717, 1.165) is 4.88 Å². The molecule has 0 N–H and O–H groups in total. The third kappa shape index (κ3) is 3.90. The highest BCUT2D eigenvalue weighted by atomic mass is 32.1. The molecule has 6 nitrogen and oxygen atoms in total. The predicted molar refractivity (Wildman–Crippen MR) is 78.6 cm³/mol. The summed E-state index contributed by atoms with van der Waals surface area (Å²) in [6.45, 7) is 0. The highest BCUT2D eigenvalue weighted by Crippen LogP contribution is 2.31. The van der Waals surface area contributed by atoms with Crippen LogP contribution in [0.4, 0.5) is 5.69 Å². The molecule has 2 aromatic rings. The molecule has 0 atom stereocenters. The molecular formula is C14H11NO5S. The number of nitrogens with zero attached hydrogens (tertiary/aromatic N) is 1. The number of carbonyl (C=O) groups excluding carboxylic acids is 1. The molecule has 0 radical (unpaired) electrons. The van der Waals surface area contributed by atoms with Gasteiger partial charge in [0, 0.05) is 11.0 Å². The number of esters is 1. The van der Waals surface area contributed by atoms with Crippen molar-refractivity contribution in [2.75, 3.05) is 7.11 Å². The van der Waals surface area contributed by atoms with Gasteiger partial charge in [-0.15, -0.1) is 11.3 Å². The summed E-state index contributed by atoms with van der Waals surface area (Å²) in [7, 11) is 1.40. The zero-order valence-corrected chi connectivity index (χ0v) is 11.8. The van der Waals surface area contributed by atoms with Crippen LogP contribution in [0.1, 0.15) is 4.88 Å². The third-order valence-corrected chi connectivity index (χ3v) is 3.34. The first-order chi connectivity index (χ1) is 10.1. The van der Waals surface area contributed by atoms with Gasteiger partial charge in [0.05, 0.1) is 18.1 Å². The molecule has 0 aliphatic rings. The van der Waals surface area contributed by atoms with Crippen LogP contribution in [0.15, 0.2) is 41.8 Å². The summed E-state index contributed by atoms with van der Waals surface area (Å²) in [5, 5.41) is 12.8. The Balaban J connectivity index is 2.15. The first-order valence-corrected chi connectivity index (χ1v) is 6.74. The Morgan fingerprint density at radius 1 is 1.38 bits per heavy atom. The van der Waals surface area contributed by atoms with Gasteiger partial charge in [-0.05, 0) is 29.7 Å². The number of carbonyl (C=O) groups is 1. The van der Waals surface area contributed by atoms with Gasteiger partial charge >= 0.3 is 11.7 Å². The van der Waals surface area contributed by atoms with Crippen molar-refractivity contribution in [3.8, 4) is 11.5 Å². The van der Waals surface area contributed by atoms with Crippen molar-refractivity contribution in [3.63, 3.8) is 0 Å². The van der Waals surface area contributed by atoms with Crippen LogP contribution in [0.25, 0.3) is 6.08 Å². The minimum Gasteiger partial charge on any atom is -0.496 e. The van der Waals surface area contributed by atoms with E-state index in [1.807, 2.05) is 17.5 Å². The minimum absolute atomic E-state index is 0.123. The second-order valence-electron chi connectivity index (χ2n) is 3.86. The zero-order chi connectivity index (χ0) is 15.2. The largest absolute Gasteiger partial charge is 0.496 e. The number of methoxy groups -OCH3 is 1. The highest BCUT2D eigenvalue weighted by Gasteiger charge is 2.18. The molecule has 1 aromatic carbocycles. The minimum atomic E-state index is -0.684. The molecule has 108 valence electrons. The Bertz CT molecular complexity index is 679. The number of nitro benzene ring substituents is 1. The Labute approximate surface area is 124 Å². The van der Waals surface area contributed by atoms with Crippen LogP contribution >= 0.6 is 11.3 Å². The van der Waals surface area contributed by atoms with Crippen LogP contribution in [-0.2, 0) is 4.79 Å². The van der Waals surface area contributed by atoms with Crippen molar-refractivity contribution in [3.05, 3.63) is 56.8 Å². The van der Waals surface area contributed by atoms with E-state index in [1.54, 1.807) is 6.08 Å². The molecule has 7 heteroatoms. The second-order valence-corrected chi connectivity index (χ2v) is 4.84. The maximum absolute atomic E-state index is 11.7. The number of nitro groups is 1. The van der Waals surface area contributed by atoms with Crippen LogP contribution in [0.2, 0.25) is 0 Å². The fraction of sp³-hybridized carbons (Fsp3) is 0.0714. The third-order valence-electron chi connectivity index (χ3n) is 2.50. The molecular weight excluding hydrogens is 294 g/mol. The van der Waals surface area contributed by atoms with Gasteiger partial charge in [0.1, 0.15) is 5.75 Å². The SMILES string of the molecule is COc1ccc(OC(=O)/C=C/c2cccs2)c([N+](=O)[O-])c1. The lowest BCUT2D eigenvalue weighted by molar-refractivity contribution is -0.385. The van der Waals surface area contributed by atoms with Crippen LogP contribution in [-0.4, -0.2) is 18.0 Å². The van der Waals surface area contributed by atoms with E-state index in [-0.39, 0.29) is 11.4 Å². The maximum Gasteiger partial charge on any atom is 0.336 e. The fourth-order valence-electron chi connectivity index (χ4n) is 1.53. The van der Waals surface area contributed by atoms with Crippen molar-refractivity contribution in [2.24, 2.45) is 0 Å². The van der Waals surface area contributed by atoms with Gasteiger partial charge < -0.3 is 9.47 Å². The summed E-state index contributed by atoms with van der Waals surface area (Å²) in [6.07, 6.45) is 2.81. The molecule has 21 heavy (non-hydrogen) atoms. The van der Waals surface area contributed by atoms with Crippen molar-refractivity contribution in [2.45, 2.75) is 0 Å². The van der Waals surface area contributed by atoms with Gasteiger partial charge in [-0.3, -0.25) is 10.1 Å². The summed E-state index contributed by atoms with van der Waals surface area (Å²) in [4.78, 5) is 22.9. The molecule has 0 amide bonds. The number of ether oxygens (including phenoxy) is 2. The summed E-state index contributed by atoms with van der Waals surface area (Å²) < 4.78 is 9.89. The van der Waals surface area contributed by atoms with Gasteiger partial charge in [0.2, 0.25) is 5.75 Å². The van der Waals surface area contributed by atoms with Crippen molar-refractivity contribution >= 4 is 29.1 Å². The lowest BCUT2D eigenvalue weighted by Gasteiger charge is -2.04. The Morgan fingerprint density at radius 3 is 2.81 bits per heavy atom. The Kier molecular flexibility index (Phi) is 4.68. The van der Waals surface area contributed by atoms with E-state index in [1.165, 1.54) is 42.7 Å². The maximum atomic E-state index is 11.7. The van der Waals surface area contributed by atoms with Crippen LogP contribution in [0.5, 0.6) is 11.5 Å². The molecule has 0 saturated heterocycles. The van der Waals surface area contributed by atoms with Crippen molar-refractivity contribution in [1.29, 1.82) is 0 Å².